The highest BCUT2D eigenvalue weighted by atomic mass is 79.9. The molecule has 23 heavy (non-hydrogen) atoms. The molecule has 4 heteroatoms. The van der Waals surface area contributed by atoms with Gasteiger partial charge in [0.2, 0.25) is 0 Å². The van der Waals surface area contributed by atoms with Crippen LogP contribution < -0.4 is 21.8 Å². The van der Waals surface area contributed by atoms with E-state index in [-0.39, 0.29) is 17.0 Å². The monoisotopic (exact) mass is 385 g/mol. The summed E-state index contributed by atoms with van der Waals surface area (Å²) >= 11 is 1.68. The van der Waals surface area contributed by atoms with Crippen molar-refractivity contribution in [3.8, 4) is 11.3 Å². The maximum absolute atomic E-state index is 4.63. The van der Waals surface area contributed by atoms with Crippen LogP contribution in [0.1, 0.15) is 5.56 Å². The van der Waals surface area contributed by atoms with Crippen molar-refractivity contribution < 1.29 is 17.0 Å². The van der Waals surface area contributed by atoms with Gasteiger partial charge in [-0.3, -0.25) is 4.99 Å². The average molecular weight is 386 g/mol. The minimum Gasteiger partial charge on any atom is -1.00 e. The molecule has 3 rings (SSSR count). The zero-order chi connectivity index (χ0) is 15.2. The highest BCUT2D eigenvalue weighted by Gasteiger charge is 2.08. The normalized spacial score (nSPS) is 11.0. The Morgan fingerprint density at radius 3 is 2.30 bits per heavy atom. The first-order valence-electron chi connectivity index (χ1n) is 7.27. The highest BCUT2D eigenvalue weighted by molar-refractivity contribution is 7.07. The average Bonchev–Trinajstić information content (AvgIpc) is 2.97. The van der Waals surface area contributed by atoms with Crippen molar-refractivity contribution in [3.05, 3.63) is 89.1 Å². The summed E-state index contributed by atoms with van der Waals surface area (Å²) < 4.78 is 2.28. The second kappa shape index (κ2) is 8.65. The zero-order valence-corrected chi connectivity index (χ0v) is 15.1. The first-order valence-corrected chi connectivity index (χ1v) is 8.15. The summed E-state index contributed by atoms with van der Waals surface area (Å²) in [5.41, 5.74) is 3.70. The fourth-order valence-electron chi connectivity index (χ4n) is 2.36. The quantitative estimate of drug-likeness (QED) is 0.590. The van der Waals surface area contributed by atoms with E-state index < -0.39 is 0 Å². The number of rotatable bonds is 5. The molecule has 0 amide bonds. The van der Waals surface area contributed by atoms with Crippen molar-refractivity contribution >= 4 is 11.3 Å². The minimum absolute atomic E-state index is 0. The van der Waals surface area contributed by atoms with Crippen molar-refractivity contribution in [1.82, 2.24) is 4.57 Å². The van der Waals surface area contributed by atoms with Gasteiger partial charge in [0.25, 0.3) is 0 Å². The van der Waals surface area contributed by atoms with E-state index in [1.165, 1.54) is 16.8 Å². The standard InChI is InChI=1S/C19H18N2S.BrH/c1-2-13-20-19-21(14-16-9-5-3-6-10-16)18(15-22-19)17-11-7-4-8-12-17;/h2-12,15H,1,13-14H2;1H/p-1. The summed E-state index contributed by atoms with van der Waals surface area (Å²) in [4.78, 5) is 5.66. The van der Waals surface area contributed by atoms with Crippen LogP contribution in [0.4, 0.5) is 0 Å². The van der Waals surface area contributed by atoms with E-state index in [4.69, 9.17) is 0 Å². The van der Waals surface area contributed by atoms with Crippen LogP contribution in [-0.2, 0) is 6.54 Å². The molecule has 0 aliphatic carbocycles. The Hall–Kier alpha value is -1.91. The van der Waals surface area contributed by atoms with Gasteiger partial charge in [-0.25, -0.2) is 0 Å². The van der Waals surface area contributed by atoms with Gasteiger partial charge in [0.15, 0.2) is 4.80 Å². The molecule has 0 aliphatic rings. The fourth-order valence-corrected chi connectivity index (χ4v) is 3.28. The van der Waals surface area contributed by atoms with Crippen molar-refractivity contribution in [2.45, 2.75) is 6.54 Å². The molecular weight excluding hydrogens is 368 g/mol. The molecule has 0 saturated heterocycles. The molecule has 1 heterocycles. The lowest BCUT2D eigenvalue weighted by molar-refractivity contribution is -0.00000433. The molecule has 3 aromatic rings. The SMILES string of the molecule is C=CCN=c1scc(-c2ccccc2)n1Cc1ccccc1.[Br-]. The largest absolute Gasteiger partial charge is 1.00 e. The Kier molecular flexibility index (Phi) is 6.56. The van der Waals surface area contributed by atoms with E-state index in [1.807, 2.05) is 18.2 Å². The van der Waals surface area contributed by atoms with Crippen LogP contribution in [0.3, 0.4) is 0 Å². The summed E-state index contributed by atoms with van der Waals surface area (Å²) in [5.74, 6) is 0. The number of aromatic nitrogens is 1. The minimum atomic E-state index is 0. The van der Waals surface area contributed by atoms with Crippen molar-refractivity contribution in [2.75, 3.05) is 6.54 Å². The molecule has 1 aromatic heterocycles. The van der Waals surface area contributed by atoms with Gasteiger partial charge in [-0.2, -0.15) is 0 Å². The van der Waals surface area contributed by atoms with E-state index in [1.54, 1.807) is 11.3 Å². The zero-order valence-electron chi connectivity index (χ0n) is 12.7. The van der Waals surface area contributed by atoms with E-state index in [9.17, 15) is 0 Å². The number of nitrogens with zero attached hydrogens (tertiary/aromatic N) is 2. The Labute approximate surface area is 151 Å². The molecule has 0 atom stereocenters. The van der Waals surface area contributed by atoms with E-state index >= 15 is 0 Å². The smallest absolute Gasteiger partial charge is 0.185 e. The van der Waals surface area contributed by atoms with E-state index in [0.717, 1.165) is 11.3 Å². The maximum Gasteiger partial charge on any atom is 0.185 e. The van der Waals surface area contributed by atoms with Gasteiger partial charge in [0.1, 0.15) is 0 Å². The lowest BCUT2D eigenvalue weighted by atomic mass is 10.1. The summed E-state index contributed by atoms with van der Waals surface area (Å²) in [7, 11) is 0. The van der Waals surface area contributed by atoms with Crippen molar-refractivity contribution in [1.29, 1.82) is 0 Å². The second-order valence-corrected chi connectivity index (χ2v) is 5.81. The first-order chi connectivity index (χ1) is 10.9. The van der Waals surface area contributed by atoms with Gasteiger partial charge in [-0.05, 0) is 11.1 Å². The summed E-state index contributed by atoms with van der Waals surface area (Å²) in [6, 6.07) is 21.0. The van der Waals surface area contributed by atoms with Gasteiger partial charge in [0.05, 0.1) is 18.8 Å². The molecule has 0 bridgehead atoms. The van der Waals surface area contributed by atoms with Gasteiger partial charge in [-0.15, -0.1) is 17.9 Å². The molecule has 118 valence electrons. The van der Waals surface area contributed by atoms with Gasteiger partial charge < -0.3 is 21.5 Å². The summed E-state index contributed by atoms with van der Waals surface area (Å²) in [6.45, 7) is 5.22. The Bertz CT molecular complexity index is 804. The summed E-state index contributed by atoms with van der Waals surface area (Å²) in [5, 5.41) is 2.18. The molecule has 0 N–H and O–H groups in total. The van der Waals surface area contributed by atoms with Crippen molar-refractivity contribution in [2.24, 2.45) is 4.99 Å². The lowest BCUT2D eigenvalue weighted by Gasteiger charge is -2.09. The van der Waals surface area contributed by atoms with Crippen LogP contribution in [-0.4, -0.2) is 11.1 Å². The molecule has 0 saturated carbocycles. The lowest BCUT2D eigenvalue weighted by Crippen LogP contribution is -3.00. The maximum atomic E-state index is 4.63. The fraction of sp³-hybridized carbons (Fsp3) is 0.105. The van der Waals surface area contributed by atoms with Crippen LogP contribution in [0.25, 0.3) is 11.3 Å². The second-order valence-electron chi connectivity index (χ2n) is 4.97. The van der Waals surface area contributed by atoms with Crippen LogP contribution in [0.2, 0.25) is 0 Å². The third-order valence-electron chi connectivity index (χ3n) is 3.41. The van der Waals surface area contributed by atoms with Gasteiger partial charge in [0, 0.05) is 5.38 Å². The number of thiazole rings is 1. The Morgan fingerprint density at radius 2 is 1.65 bits per heavy atom. The predicted molar refractivity (Wildman–Crippen MR) is 93.9 cm³/mol. The number of benzene rings is 2. The molecule has 0 fully saturated rings. The summed E-state index contributed by atoms with van der Waals surface area (Å²) in [6.07, 6.45) is 1.83. The van der Waals surface area contributed by atoms with Crippen molar-refractivity contribution in [3.63, 3.8) is 0 Å². The molecular formula is C19H18BrN2S-. The highest BCUT2D eigenvalue weighted by Crippen LogP contribution is 2.20. The third-order valence-corrected chi connectivity index (χ3v) is 4.31. The Morgan fingerprint density at radius 1 is 1.00 bits per heavy atom. The van der Waals surface area contributed by atoms with Crippen LogP contribution in [0.15, 0.2) is 83.7 Å². The van der Waals surface area contributed by atoms with E-state index in [0.29, 0.717) is 6.54 Å². The topological polar surface area (TPSA) is 17.3 Å². The van der Waals surface area contributed by atoms with E-state index in [2.05, 4.69) is 70.0 Å². The Balaban J connectivity index is 0.00000192. The molecule has 0 radical (unpaired) electrons. The molecule has 2 aromatic carbocycles. The number of hydrogen-bond donors (Lipinski definition) is 0. The number of hydrogen-bond acceptors (Lipinski definition) is 2. The molecule has 0 unspecified atom stereocenters. The number of halogens is 1. The first kappa shape index (κ1) is 17.4. The van der Waals surface area contributed by atoms with Gasteiger partial charge >= 0.3 is 0 Å². The predicted octanol–water partition coefficient (Wildman–Crippen LogP) is 1.36. The van der Waals surface area contributed by atoms with Crippen LogP contribution >= 0.6 is 11.3 Å². The molecule has 0 spiro atoms. The third kappa shape index (κ3) is 4.30. The van der Waals surface area contributed by atoms with Crippen LogP contribution in [0.5, 0.6) is 0 Å². The molecule has 2 nitrogen and oxygen atoms in total. The molecule has 0 aliphatic heterocycles. The van der Waals surface area contributed by atoms with Gasteiger partial charge in [-0.1, -0.05) is 66.7 Å². The van der Waals surface area contributed by atoms with Crippen LogP contribution in [0, 0.1) is 0 Å².